The Morgan fingerprint density at radius 1 is 1.47 bits per heavy atom. The van der Waals surface area contributed by atoms with Gasteiger partial charge in [0.2, 0.25) is 0 Å². The molecule has 0 spiro atoms. The second-order valence-electron chi connectivity index (χ2n) is 4.56. The molecule has 0 bridgehead atoms. The second kappa shape index (κ2) is 5.10. The number of rotatable bonds is 6. The van der Waals surface area contributed by atoms with Gasteiger partial charge in [0.15, 0.2) is 0 Å². The van der Waals surface area contributed by atoms with Crippen LogP contribution in [0, 0.1) is 11.8 Å². The molecule has 0 aromatic rings. The molecule has 3 heteroatoms. The fraction of sp³-hybridized carbons (Fsp3) is 0.833. The zero-order valence-electron chi connectivity index (χ0n) is 9.61. The summed E-state index contributed by atoms with van der Waals surface area (Å²) in [6.45, 7) is 1.56. The van der Waals surface area contributed by atoms with Gasteiger partial charge in [-0.15, -0.1) is 0 Å². The SMILES string of the molecule is COCC(CNC1CC2CC=CC21)OC. The van der Waals surface area contributed by atoms with Gasteiger partial charge in [-0.2, -0.15) is 0 Å². The third kappa shape index (κ3) is 2.41. The van der Waals surface area contributed by atoms with Gasteiger partial charge in [-0.05, 0) is 24.7 Å². The minimum Gasteiger partial charge on any atom is -0.382 e. The van der Waals surface area contributed by atoms with Crippen molar-refractivity contribution >= 4 is 0 Å². The van der Waals surface area contributed by atoms with Crippen molar-refractivity contribution in [3.05, 3.63) is 12.2 Å². The van der Waals surface area contributed by atoms with Crippen LogP contribution < -0.4 is 5.32 Å². The summed E-state index contributed by atoms with van der Waals surface area (Å²) < 4.78 is 10.4. The molecule has 4 atom stereocenters. The summed E-state index contributed by atoms with van der Waals surface area (Å²) in [7, 11) is 3.45. The van der Waals surface area contributed by atoms with Gasteiger partial charge in [0.05, 0.1) is 12.7 Å². The summed E-state index contributed by atoms with van der Waals surface area (Å²) in [5.41, 5.74) is 0. The maximum Gasteiger partial charge on any atom is 0.0928 e. The van der Waals surface area contributed by atoms with E-state index in [0.717, 1.165) is 18.4 Å². The molecule has 0 amide bonds. The summed E-state index contributed by atoms with van der Waals surface area (Å²) >= 11 is 0. The number of fused-ring (bicyclic) bond motifs is 1. The molecule has 2 rings (SSSR count). The lowest BCUT2D eigenvalue weighted by atomic mass is 9.71. The first-order chi connectivity index (χ1) is 7.35. The second-order valence-corrected chi connectivity index (χ2v) is 4.56. The molecule has 86 valence electrons. The largest absolute Gasteiger partial charge is 0.382 e. The first kappa shape index (κ1) is 11.1. The minimum atomic E-state index is 0.180. The Morgan fingerprint density at radius 2 is 2.33 bits per heavy atom. The predicted molar refractivity (Wildman–Crippen MR) is 59.8 cm³/mol. The van der Waals surface area contributed by atoms with Gasteiger partial charge in [0, 0.05) is 26.8 Å². The van der Waals surface area contributed by atoms with E-state index in [-0.39, 0.29) is 6.10 Å². The molecule has 0 aromatic carbocycles. The van der Waals surface area contributed by atoms with E-state index in [2.05, 4.69) is 17.5 Å². The van der Waals surface area contributed by atoms with Crippen molar-refractivity contribution in [1.82, 2.24) is 5.32 Å². The number of nitrogens with one attached hydrogen (secondary N) is 1. The van der Waals surface area contributed by atoms with Gasteiger partial charge >= 0.3 is 0 Å². The molecule has 2 aliphatic carbocycles. The molecule has 0 aromatic heterocycles. The molecule has 0 heterocycles. The fourth-order valence-corrected chi connectivity index (χ4v) is 2.63. The molecular weight excluding hydrogens is 190 g/mol. The molecular formula is C12H21NO2. The molecule has 3 nitrogen and oxygen atoms in total. The van der Waals surface area contributed by atoms with Crippen molar-refractivity contribution < 1.29 is 9.47 Å². The maximum atomic E-state index is 5.32. The van der Waals surface area contributed by atoms with Gasteiger partial charge in [0.1, 0.15) is 0 Å². The lowest BCUT2D eigenvalue weighted by Gasteiger charge is -2.41. The van der Waals surface area contributed by atoms with E-state index in [1.54, 1.807) is 14.2 Å². The smallest absolute Gasteiger partial charge is 0.0928 e. The molecule has 1 saturated carbocycles. The summed E-state index contributed by atoms with van der Waals surface area (Å²) in [4.78, 5) is 0. The monoisotopic (exact) mass is 211 g/mol. The zero-order valence-corrected chi connectivity index (χ0v) is 9.61. The van der Waals surface area contributed by atoms with Crippen molar-refractivity contribution in [2.75, 3.05) is 27.4 Å². The van der Waals surface area contributed by atoms with Gasteiger partial charge < -0.3 is 14.8 Å². The Kier molecular flexibility index (Phi) is 3.78. The highest BCUT2D eigenvalue weighted by atomic mass is 16.5. The van der Waals surface area contributed by atoms with Crippen LogP contribution in [-0.2, 0) is 9.47 Å². The Labute approximate surface area is 91.8 Å². The molecule has 0 aliphatic heterocycles. The van der Waals surface area contributed by atoms with E-state index in [9.17, 15) is 0 Å². The van der Waals surface area contributed by atoms with Crippen molar-refractivity contribution in [2.24, 2.45) is 11.8 Å². The first-order valence-electron chi connectivity index (χ1n) is 5.77. The van der Waals surface area contributed by atoms with Gasteiger partial charge in [-0.25, -0.2) is 0 Å². The number of hydrogen-bond donors (Lipinski definition) is 1. The van der Waals surface area contributed by atoms with Gasteiger partial charge in [-0.1, -0.05) is 12.2 Å². The molecule has 1 N–H and O–H groups in total. The highest BCUT2D eigenvalue weighted by Gasteiger charge is 2.40. The number of methoxy groups -OCH3 is 2. The zero-order chi connectivity index (χ0) is 10.7. The minimum absolute atomic E-state index is 0.180. The number of allylic oxidation sites excluding steroid dienone is 1. The van der Waals surface area contributed by atoms with Crippen LogP contribution >= 0.6 is 0 Å². The van der Waals surface area contributed by atoms with E-state index in [1.807, 2.05) is 0 Å². The van der Waals surface area contributed by atoms with Gasteiger partial charge in [0.25, 0.3) is 0 Å². The summed E-state index contributed by atoms with van der Waals surface area (Å²) in [6.07, 6.45) is 7.47. The molecule has 2 aliphatic rings. The van der Waals surface area contributed by atoms with Crippen LogP contribution in [0.5, 0.6) is 0 Å². The van der Waals surface area contributed by atoms with E-state index >= 15 is 0 Å². The van der Waals surface area contributed by atoms with Crippen LogP contribution in [0.1, 0.15) is 12.8 Å². The highest BCUT2D eigenvalue weighted by Crippen LogP contribution is 2.42. The molecule has 0 saturated heterocycles. The van der Waals surface area contributed by atoms with Crippen LogP contribution in [0.15, 0.2) is 12.2 Å². The number of hydrogen-bond acceptors (Lipinski definition) is 3. The topological polar surface area (TPSA) is 30.5 Å². The molecule has 1 fully saturated rings. The Hall–Kier alpha value is -0.380. The standard InChI is InChI=1S/C12H21NO2/c1-14-8-10(15-2)7-13-12-6-9-4-3-5-11(9)12/h3,5,9-13H,4,6-8H2,1-2H3. The lowest BCUT2D eigenvalue weighted by Crippen LogP contribution is -2.50. The highest BCUT2D eigenvalue weighted by molar-refractivity contribution is 5.12. The Balaban J connectivity index is 1.67. The van der Waals surface area contributed by atoms with Crippen LogP contribution in [0.3, 0.4) is 0 Å². The van der Waals surface area contributed by atoms with Crippen molar-refractivity contribution in [1.29, 1.82) is 0 Å². The van der Waals surface area contributed by atoms with E-state index in [4.69, 9.17) is 9.47 Å². The average molecular weight is 211 g/mol. The normalized spacial score (nSPS) is 34.9. The summed E-state index contributed by atoms with van der Waals surface area (Å²) in [5, 5.41) is 3.57. The molecule has 4 unspecified atom stereocenters. The lowest BCUT2D eigenvalue weighted by molar-refractivity contribution is 0.0212. The summed E-state index contributed by atoms with van der Waals surface area (Å²) in [5.74, 6) is 1.70. The first-order valence-corrected chi connectivity index (χ1v) is 5.77. The Bertz CT molecular complexity index is 230. The van der Waals surface area contributed by atoms with Crippen LogP contribution in [0.25, 0.3) is 0 Å². The van der Waals surface area contributed by atoms with E-state index < -0.39 is 0 Å². The fourth-order valence-electron chi connectivity index (χ4n) is 2.63. The van der Waals surface area contributed by atoms with Crippen LogP contribution in [-0.4, -0.2) is 39.5 Å². The molecule has 15 heavy (non-hydrogen) atoms. The van der Waals surface area contributed by atoms with Gasteiger partial charge in [-0.3, -0.25) is 0 Å². The number of ether oxygens (including phenoxy) is 2. The van der Waals surface area contributed by atoms with Crippen LogP contribution in [0.4, 0.5) is 0 Å². The van der Waals surface area contributed by atoms with Crippen LogP contribution in [0.2, 0.25) is 0 Å². The van der Waals surface area contributed by atoms with Crippen molar-refractivity contribution in [3.8, 4) is 0 Å². The quantitative estimate of drug-likeness (QED) is 0.670. The Morgan fingerprint density at radius 3 is 3.00 bits per heavy atom. The predicted octanol–water partition coefficient (Wildman–Crippen LogP) is 1.20. The maximum absolute atomic E-state index is 5.32. The van der Waals surface area contributed by atoms with E-state index in [1.165, 1.54) is 12.8 Å². The average Bonchev–Trinajstić information content (AvgIpc) is 2.59. The molecule has 0 radical (unpaired) electrons. The van der Waals surface area contributed by atoms with Crippen molar-refractivity contribution in [2.45, 2.75) is 25.0 Å². The third-order valence-electron chi connectivity index (χ3n) is 3.66. The van der Waals surface area contributed by atoms with Crippen molar-refractivity contribution in [3.63, 3.8) is 0 Å². The third-order valence-corrected chi connectivity index (χ3v) is 3.66. The summed E-state index contributed by atoms with van der Waals surface area (Å²) in [6, 6.07) is 0.670. The van der Waals surface area contributed by atoms with E-state index in [0.29, 0.717) is 12.6 Å².